The minimum Gasteiger partial charge on any atom is -0.501 e. The molecule has 0 radical (unpaired) electrons. The summed E-state index contributed by atoms with van der Waals surface area (Å²) in [4.78, 5) is 3.93. The number of hydrogen-bond donors (Lipinski definition) is 1. The molecule has 1 aromatic heterocycles. The van der Waals surface area contributed by atoms with E-state index in [0.717, 1.165) is 5.56 Å². The SMILES string of the molecule is CCO/C=C\c1cccnc1N. The second-order valence-electron chi connectivity index (χ2n) is 2.24. The van der Waals surface area contributed by atoms with E-state index in [9.17, 15) is 0 Å². The van der Waals surface area contributed by atoms with E-state index in [4.69, 9.17) is 10.5 Å². The largest absolute Gasteiger partial charge is 0.501 e. The third-order valence-electron chi connectivity index (χ3n) is 1.38. The van der Waals surface area contributed by atoms with Gasteiger partial charge in [-0.3, -0.25) is 0 Å². The molecule has 0 saturated heterocycles. The average Bonchev–Trinajstić information content (AvgIpc) is 2.09. The van der Waals surface area contributed by atoms with Gasteiger partial charge < -0.3 is 10.5 Å². The Bertz CT molecular complexity index is 271. The molecule has 64 valence electrons. The van der Waals surface area contributed by atoms with Crippen molar-refractivity contribution >= 4 is 11.9 Å². The molecule has 0 aliphatic carbocycles. The van der Waals surface area contributed by atoms with E-state index in [1.165, 1.54) is 0 Å². The third kappa shape index (κ3) is 2.27. The molecule has 1 aromatic rings. The molecule has 3 heteroatoms. The molecule has 0 aliphatic heterocycles. The van der Waals surface area contributed by atoms with Crippen molar-refractivity contribution in [1.82, 2.24) is 4.98 Å². The van der Waals surface area contributed by atoms with Gasteiger partial charge in [0.15, 0.2) is 0 Å². The Hall–Kier alpha value is -1.51. The number of nitrogens with two attached hydrogens (primary N) is 1. The number of ether oxygens (including phenoxy) is 1. The highest BCUT2D eigenvalue weighted by Crippen LogP contribution is 2.08. The zero-order chi connectivity index (χ0) is 8.81. The molecule has 0 amide bonds. The Morgan fingerprint density at radius 3 is 3.17 bits per heavy atom. The molecule has 3 nitrogen and oxygen atoms in total. The first kappa shape index (κ1) is 8.59. The van der Waals surface area contributed by atoms with Crippen molar-refractivity contribution in [1.29, 1.82) is 0 Å². The molecule has 12 heavy (non-hydrogen) atoms. The summed E-state index contributed by atoms with van der Waals surface area (Å²) in [7, 11) is 0. The predicted octanol–water partition coefficient (Wildman–Crippen LogP) is 1.67. The zero-order valence-corrected chi connectivity index (χ0v) is 7.03. The Morgan fingerprint density at radius 2 is 2.50 bits per heavy atom. The van der Waals surface area contributed by atoms with Crippen molar-refractivity contribution in [3.63, 3.8) is 0 Å². The Morgan fingerprint density at radius 1 is 1.67 bits per heavy atom. The van der Waals surface area contributed by atoms with Gasteiger partial charge in [0, 0.05) is 11.8 Å². The number of rotatable bonds is 3. The summed E-state index contributed by atoms with van der Waals surface area (Å²) in [5.41, 5.74) is 6.47. The van der Waals surface area contributed by atoms with Crippen LogP contribution in [0.4, 0.5) is 5.82 Å². The zero-order valence-electron chi connectivity index (χ0n) is 7.03. The van der Waals surface area contributed by atoms with Gasteiger partial charge >= 0.3 is 0 Å². The van der Waals surface area contributed by atoms with E-state index in [2.05, 4.69) is 4.98 Å². The molecular formula is C9H12N2O. The second kappa shape index (κ2) is 4.38. The summed E-state index contributed by atoms with van der Waals surface area (Å²) in [6, 6.07) is 3.72. The summed E-state index contributed by atoms with van der Waals surface area (Å²) >= 11 is 0. The van der Waals surface area contributed by atoms with Crippen LogP contribution in [0.5, 0.6) is 0 Å². The van der Waals surface area contributed by atoms with Crippen molar-refractivity contribution in [3.05, 3.63) is 30.2 Å². The highest BCUT2D eigenvalue weighted by atomic mass is 16.5. The standard InChI is InChI=1S/C9H12N2O/c1-2-12-7-5-8-4-3-6-11-9(8)10/h3-7H,2H2,1H3,(H2,10,11)/b7-5-. The van der Waals surface area contributed by atoms with Crippen molar-refractivity contribution < 1.29 is 4.74 Å². The summed E-state index contributed by atoms with van der Waals surface area (Å²) in [6.07, 6.45) is 5.08. The second-order valence-corrected chi connectivity index (χ2v) is 2.24. The lowest BCUT2D eigenvalue weighted by Crippen LogP contribution is -1.91. The molecule has 0 aromatic carbocycles. The van der Waals surface area contributed by atoms with E-state index in [1.54, 1.807) is 18.5 Å². The highest BCUT2D eigenvalue weighted by molar-refractivity contribution is 5.59. The van der Waals surface area contributed by atoms with Crippen LogP contribution in [0.2, 0.25) is 0 Å². The van der Waals surface area contributed by atoms with Gasteiger partial charge in [0.2, 0.25) is 0 Å². The molecule has 0 fully saturated rings. The van der Waals surface area contributed by atoms with Crippen LogP contribution in [-0.2, 0) is 4.74 Å². The van der Waals surface area contributed by atoms with Gasteiger partial charge in [-0.1, -0.05) is 0 Å². The van der Waals surface area contributed by atoms with Gasteiger partial charge in [-0.2, -0.15) is 0 Å². The molecule has 0 spiro atoms. The molecule has 0 aliphatic rings. The first-order valence-electron chi connectivity index (χ1n) is 3.83. The monoisotopic (exact) mass is 164 g/mol. The number of aromatic nitrogens is 1. The maximum atomic E-state index is 5.58. The first-order valence-corrected chi connectivity index (χ1v) is 3.83. The smallest absolute Gasteiger partial charge is 0.130 e. The van der Waals surface area contributed by atoms with Crippen LogP contribution in [0, 0.1) is 0 Å². The van der Waals surface area contributed by atoms with Crippen LogP contribution >= 0.6 is 0 Å². The van der Waals surface area contributed by atoms with Crippen LogP contribution in [0.3, 0.4) is 0 Å². The van der Waals surface area contributed by atoms with Crippen LogP contribution < -0.4 is 5.73 Å². The fourth-order valence-electron chi connectivity index (χ4n) is 0.789. The predicted molar refractivity (Wildman–Crippen MR) is 49.3 cm³/mol. The third-order valence-corrected chi connectivity index (χ3v) is 1.38. The number of pyridine rings is 1. The van der Waals surface area contributed by atoms with Crippen LogP contribution in [-0.4, -0.2) is 11.6 Å². The lowest BCUT2D eigenvalue weighted by atomic mass is 10.2. The minimum atomic E-state index is 0.522. The van der Waals surface area contributed by atoms with Crippen molar-refractivity contribution in [2.24, 2.45) is 0 Å². The molecule has 0 unspecified atom stereocenters. The van der Waals surface area contributed by atoms with Gasteiger partial charge in [0.25, 0.3) is 0 Å². The van der Waals surface area contributed by atoms with Crippen molar-refractivity contribution in [2.45, 2.75) is 6.92 Å². The maximum absolute atomic E-state index is 5.58. The van der Waals surface area contributed by atoms with Crippen LogP contribution in [0.1, 0.15) is 12.5 Å². The van der Waals surface area contributed by atoms with Gasteiger partial charge in [-0.05, 0) is 25.1 Å². The number of hydrogen-bond acceptors (Lipinski definition) is 3. The van der Waals surface area contributed by atoms with Gasteiger partial charge in [-0.15, -0.1) is 0 Å². The van der Waals surface area contributed by atoms with Crippen molar-refractivity contribution in [2.75, 3.05) is 12.3 Å². The first-order chi connectivity index (χ1) is 5.84. The number of anilines is 1. The lowest BCUT2D eigenvalue weighted by Gasteiger charge is -1.97. The minimum absolute atomic E-state index is 0.522. The number of nitrogen functional groups attached to an aromatic ring is 1. The molecule has 1 rings (SSSR count). The average molecular weight is 164 g/mol. The van der Waals surface area contributed by atoms with E-state index in [0.29, 0.717) is 12.4 Å². The molecule has 0 bridgehead atoms. The number of nitrogens with zero attached hydrogens (tertiary/aromatic N) is 1. The van der Waals surface area contributed by atoms with E-state index in [-0.39, 0.29) is 0 Å². The van der Waals surface area contributed by atoms with Crippen molar-refractivity contribution in [3.8, 4) is 0 Å². The van der Waals surface area contributed by atoms with Gasteiger partial charge in [-0.25, -0.2) is 4.98 Å². The maximum Gasteiger partial charge on any atom is 0.130 e. The summed E-state index contributed by atoms with van der Waals surface area (Å²) in [5.74, 6) is 0.522. The lowest BCUT2D eigenvalue weighted by molar-refractivity contribution is 0.272. The van der Waals surface area contributed by atoms with E-state index < -0.39 is 0 Å². The van der Waals surface area contributed by atoms with Gasteiger partial charge in [0.05, 0.1) is 12.9 Å². The molecule has 1 heterocycles. The summed E-state index contributed by atoms with van der Waals surface area (Å²) in [6.45, 7) is 2.59. The summed E-state index contributed by atoms with van der Waals surface area (Å²) in [5, 5.41) is 0. The fourth-order valence-corrected chi connectivity index (χ4v) is 0.789. The Labute approximate surface area is 71.9 Å². The highest BCUT2D eigenvalue weighted by Gasteiger charge is 1.91. The van der Waals surface area contributed by atoms with Crippen LogP contribution in [0.25, 0.3) is 6.08 Å². The van der Waals surface area contributed by atoms with Gasteiger partial charge in [0.1, 0.15) is 5.82 Å². The molecular weight excluding hydrogens is 152 g/mol. The quantitative estimate of drug-likeness (QED) is 0.691. The topological polar surface area (TPSA) is 48.1 Å². The normalized spacial score (nSPS) is 10.4. The molecule has 0 atom stereocenters. The molecule has 0 saturated carbocycles. The Kier molecular flexibility index (Phi) is 3.14. The summed E-state index contributed by atoms with van der Waals surface area (Å²) < 4.78 is 5.03. The molecule has 2 N–H and O–H groups in total. The van der Waals surface area contributed by atoms with Crippen LogP contribution in [0.15, 0.2) is 24.6 Å². The van der Waals surface area contributed by atoms with E-state index in [1.807, 2.05) is 19.1 Å². The Balaban J connectivity index is 2.68. The van der Waals surface area contributed by atoms with E-state index >= 15 is 0 Å². The fraction of sp³-hybridized carbons (Fsp3) is 0.222.